The maximum Gasteiger partial charge on any atom is 0.265 e. The summed E-state index contributed by atoms with van der Waals surface area (Å²) < 4.78 is 12.0. The van der Waals surface area contributed by atoms with Crippen molar-refractivity contribution in [1.29, 1.82) is 0 Å². The molecule has 2 aromatic carbocycles. The Balaban J connectivity index is 1.89. The molecule has 0 aliphatic rings. The number of hydrogen-bond donors (Lipinski definition) is 1. The largest absolute Gasteiger partial charge is 0.490 e. The van der Waals surface area contributed by atoms with Crippen LogP contribution < -0.4 is 14.8 Å². The molecule has 0 aliphatic heterocycles. The molecule has 120 valence electrons. The number of carbonyl (C=O) groups excluding carboxylic acids is 1. The highest BCUT2D eigenvalue weighted by Crippen LogP contribution is 2.19. The van der Waals surface area contributed by atoms with Crippen LogP contribution in [-0.2, 0) is 4.79 Å². The van der Waals surface area contributed by atoms with Gasteiger partial charge >= 0.3 is 0 Å². The van der Waals surface area contributed by atoms with Crippen molar-refractivity contribution in [3.8, 4) is 11.5 Å². The van der Waals surface area contributed by atoms with Gasteiger partial charge in [-0.1, -0.05) is 28.6 Å². The average Bonchev–Trinajstić information content (AvgIpc) is 2.56. The predicted octanol–water partition coefficient (Wildman–Crippen LogP) is 4.42. The quantitative estimate of drug-likeness (QED) is 0.728. The first-order valence-electron chi connectivity index (χ1n) is 7.15. The fourth-order valence-corrected chi connectivity index (χ4v) is 2.07. The topological polar surface area (TPSA) is 47.6 Å². The Bertz CT molecular complexity index is 653. The van der Waals surface area contributed by atoms with E-state index in [-0.39, 0.29) is 5.91 Å². The number of carbonyl (C=O) groups is 1. The van der Waals surface area contributed by atoms with Crippen molar-refractivity contribution in [3.05, 3.63) is 65.7 Å². The Kier molecular flexibility index (Phi) is 6.23. The molecule has 0 aliphatic carbocycles. The Hall–Kier alpha value is -2.27. The fourth-order valence-electron chi connectivity index (χ4n) is 1.80. The molecule has 0 radical (unpaired) electrons. The Labute approximate surface area is 144 Å². The summed E-state index contributed by atoms with van der Waals surface area (Å²) in [6.45, 7) is 5.75. The molecule has 0 bridgehead atoms. The third-order valence-corrected chi connectivity index (χ3v) is 3.51. The van der Waals surface area contributed by atoms with Crippen LogP contribution in [0.15, 0.2) is 65.7 Å². The molecule has 0 aromatic heterocycles. The number of anilines is 1. The average molecular weight is 376 g/mol. The van der Waals surface area contributed by atoms with Gasteiger partial charge in [-0.05, 0) is 55.5 Å². The minimum absolute atomic E-state index is 0.215. The first-order chi connectivity index (χ1) is 11.1. The zero-order chi connectivity index (χ0) is 16.7. The van der Waals surface area contributed by atoms with Crippen LogP contribution in [0.25, 0.3) is 0 Å². The van der Waals surface area contributed by atoms with E-state index in [0.29, 0.717) is 18.0 Å². The van der Waals surface area contributed by atoms with Crippen molar-refractivity contribution in [3.63, 3.8) is 0 Å². The fraction of sp³-hybridized carbons (Fsp3) is 0.167. The molecule has 4 nitrogen and oxygen atoms in total. The van der Waals surface area contributed by atoms with Gasteiger partial charge in [-0.15, -0.1) is 0 Å². The third-order valence-electron chi connectivity index (χ3n) is 2.99. The van der Waals surface area contributed by atoms with Crippen LogP contribution in [0.2, 0.25) is 0 Å². The monoisotopic (exact) mass is 375 g/mol. The molecule has 0 spiro atoms. The highest BCUT2D eigenvalue weighted by Gasteiger charge is 2.14. The second-order valence-corrected chi connectivity index (χ2v) is 5.74. The maximum atomic E-state index is 12.2. The van der Waals surface area contributed by atoms with Gasteiger partial charge in [0.25, 0.3) is 5.91 Å². The summed E-state index contributed by atoms with van der Waals surface area (Å²) in [6, 6.07) is 14.5. The minimum atomic E-state index is -0.604. The number of halogens is 1. The van der Waals surface area contributed by atoms with Gasteiger partial charge < -0.3 is 14.8 Å². The number of amides is 1. The van der Waals surface area contributed by atoms with Crippen molar-refractivity contribution in [2.24, 2.45) is 0 Å². The minimum Gasteiger partial charge on any atom is -0.490 e. The second kappa shape index (κ2) is 8.39. The lowest BCUT2D eigenvalue weighted by Gasteiger charge is -2.15. The van der Waals surface area contributed by atoms with Crippen LogP contribution in [0.4, 0.5) is 5.69 Å². The summed E-state index contributed by atoms with van der Waals surface area (Å²) >= 11 is 3.36. The maximum absolute atomic E-state index is 12.2. The number of benzene rings is 2. The van der Waals surface area contributed by atoms with E-state index in [1.165, 1.54) is 0 Å². The van der Waals surface area contributed by atoms with Crippen molar-refractivity contribution in [2.45, 2.75) is 13.0 Å². The van der Waals surface area contributed by atoms with Gasteiger partial charge in [0, 0.05) is 10.2 Å². The van der Waals surface area contributed by atoms with Gasteiger partial charge in [0.15, 0.2) is 6.10 Å². The lowest BCUT2D eigenvalue weighted by atomic mass is 10.2. The number of hydrogen-bond acceptors (Lipinski definition) is 3. The van der Waals surface area contributed by atoms with Crippen LogP contribution in [-0.4, -0.2) is 18.6 Å². The molecule has 0 fully saturated rings. The van der Waals surface area contributed by atoms with Crippen LogP contribution in [0.5, 0.6) is 11.5 Å². The van der Waals surface area contributed by atoms with Gasteiger partial charge in [0.2, 0.25) is 0 Å². The number of rotatable bonds is 7. The Morgan fingerprint density at radius 2 is 1.78 bits per heavy atom. The van der Waals surface area contributed by atoms with E-state index in [0.717, 1.165) is 10.2 Å². The first-order valence-corrected chi connectivity index (χ1v) is 7.94. The zero-order valence-corrected chi connectivity index (χ0v) is 14.4. The van der Waals surface area contributed by atoms with Crippen molar-refractivity contribution in [1.82, 2.24) is 0 Å². The van der Waals surface area contributed by atoms with E-state index < -0.39 is 6.10 Å². The smallest absolute Gasteiger partial charge is 0.265 e. The second-order valence-electron chi connectivity index (χ2n) is 4.83. The molecule has 5 heteroatoms. The van der Waals surface area contributed by atoms with E-state index in [9.17, 15) is 4.79 Å². The summed E-state index contributed by atoms with van der Waals surface area (Å²) in [7, 11) is 0. The highest BCUT2D eigenvalue weighted by atomic mass is 79.9. The zero-order valence-electron chi connectivity index (χ0n) is 12.8. The molecule has 0 unspecified atom stereocenters. The Morgan fingerprint density at radius 1 is 1.17 bits per heavy atom. The number of ether oxygens (including phenoxy) is 2. The van der Waals surface area contributed by atoms with Crippen LogP contribution in [0, 0.1) is 0 Å². The molecule has 2 rings (SSSR count). The molecule has 1 N–H and O–H groups in total. The first kappa shape index (κ1) is 17.1. The Morgan fingerprint density at radius 3 is 2.39 bits per heavy atom. The number of nitrogens with one attached hydrogen (secondary N) is 1. The van der Waals surface area contributed by atoms with E-state index >= 15 is 0 Å². The summed E-state index contributed by atoms with van der Waals surface area (Å²) in [5, 5.41) is 2.81. The third kappa shape index (κ3) is 5.45. The lowest BCUT2D eigenvalue weighted by Crippen LogP contribution is -2.30. The molecule has 2 aromatic rings. The van der Waals surface area contributed by atoms with Crippen LogP contribution in [0.3, 0.4) is 0 Å². The van der Waals surface area contributed by atoms with Crippen molar-refractivity contribution < 1.29 is 14.3 Å². The van der Waals surface area contributed by atoms with Gasteiger partial charge in [-0.2, -0.15) is 0 Å². The van der Waals surface area contributed by atoms with Gasteiger partial charge in [-0.3, -0.25) is 4.79 Å². The summed E-state index contributed by atoms with van der Waals surface area (Å²) in [4.78, 5) is 12.2. The molecule has 1 atom stereocenters. The molecule has 23 heavy (non-hydrogen) atoms. The molecular formula is C18H18BrNO3. The molecule has 0 saturated heterocycles. The van der Waals surface area contributed by atoms with Crippen molar-refractivity contribution in [2.75, 3.05) is 11.9 Å². The predicted molar refractivity (Wildman–Crippen MR) is 95.0 cm³/mol. The van der Waals surface area contributed by atoms with E-state index in [4.69, 9.17) is 9.47 Å². The lowest BCUT2D eigenvalue weighted by molar-refractivity contribution is -0.122. The highest BCUT2D eigenvalue weighted by molar-refractivity contribution is 9.10. The van der Waals surface area contributed by atoms with Gasteiger partial charge in [-0.25, -0.2) is 0 Å². The molecular weight excluding hydrogens is 358 g/mol. The summed E-state index contributed by atoms with van der Waals surface area (Å²) in [5.41, 5.74) is 0.687. The molecule has 1 amide bonds. The van der Waals surface area contributed by atoms with E-state index in [1.54, 1.807) is 49.4 Å². The van der Waals surface area contributed by atoms with Crippen LogP contribution in [0.1, 0.15) is 6.92 Å². The standard InChI is InChI=1S/C18H18BrNO3/c1-3-12-22-16-10-6-15(7-11-16)20-18(21)13(2)23-17-8-4-14(19)5-9-17/h3-11,13H,1,12H2,2H3,(H,20,21)/t13-/m0/s1. The van der Waals surface area contributed by atoms with Crippen LogP contribution >= 0.6 is 15.9 Å². The summed E-state index contributed by atoms with van der Waals surface area (Å²) in [6.07, 6.45) is 1.07. The SMILES string of the molecule is C=CCOc1ccc(NC(=O)[C@H](C)Oc2ccc(Br)cc2)cc1. The van der Waals surface area contributed by atoms with E-state index in [2.05, 4.69) is 27.8 Å². The summed E-state index contributed by atoms with van der Waals surface area (Å²) in [5.74, 6) is 1.15. The molecule has 0 heterocycles. The normalized spacial score (nSPS) is 11.4. The molecule has 0 saturated carbocycles. The van der Waals surface area contributed by atoms with E-state index in [1.807, 2.05) is 12.1 Å². The van der Waals surface area contributed by atoms with Gasteiger partial charge in [0.05, 0.1) is 0 Å². The van der Waals surface area contributed by atoms with Crippen molar-refractivity contribution >= 4 is 27.5 Å². The van der Waals surface area contributed by atoms with Gasteiger partial charge in [0.1, 0.15) is 18.1 Å².